The molecule has 0 unspecified atom stereocenters. The summed E-state index contributed by atoms with van der Waals surface area (Å²) in [4.78, 5) is 18.5. The molecule has 1 aromatic carbocycles. The molecule has 27 heavy (non-hydrogen) atoms. The second-order valence-corrected chi connectivity index (χ2v) is 7.88. The van der Waals surface area contributed by atoms with Crippen LogP contribution < -0.4 is 0 Å². The van der Waals surface area contributed by atoms with Crippen LogP contribution in [0, 0.1) is 10.1 Å². The monoisotopic (exact) mass is 387 g/mol. The first-order valence-corrected chi connectivity index (χ1v) is 9.39. The topological polar surface area (TPSA) is 132 Å². The van der Waals surface area contributed by atoms with E-state index in [-0.39, 0.29) is 29.6 Å². The number of hydrogen-bond acceptors (Lipinski definition) is 8. The first kappa shape index (κ1) is 17.2. The van der Waals surface area contributed by atoms with Crippen molar-refractivity contribution >= 4 is 15.7 Å². The molecule has 0 bridgehead atoms. The van der Waals surface area contributed by atoms with Crippen molar-refractivity contribution in [3.05, 3.63) is 64.7 Å². The van der Waals surface area contributed by atoms with Gasteiger partial charge in [-0.15, -0.1) is 0 Å². The van der Waals surface area contributed by atoms with Gasteiger partial charge in [-0.1, -0.05) is 17.3 Å². The van der Waals surface area contributed by atoms with Crippen molar-refractivity contribution in [3.63, 3.8) is 0 Å². The number of rotatable bonds is 5. The van der Waals surface area contributed by atoms with Gasteiger partial charge in [0.05, 0.1) is 15.7 Å². The summed E-state index contributed by atoms with van der Waals surface area (Å²) in [5.41, 5.74) is 0.290. The molecule has 2 aromatic heterocycles. The van der Waals surface area contributed by atoms with Crippen molar-refractivity contribution in [1.82, 2.24) is 19.4 Å². The molecule has 0 atom stereocenters. The molecule has 0 saturated carbocycles. The third kappa shape index (κ3) is 3.17. The van der Waals surface area contributed by atoms with Gasteiger partial charge in [0, 0.05) is 31.4 Å². The first-order valence-electron chi connectivity index (χ1n) is 7.95. The summed E-state index contributed by atoms with van der Waals surface area (Å²) in [6, 6.07) is 10.3. The number of hydrogen-bond donors (Lipinski definition) is 0. The minimum Gasteiger partial charge on any atom is -0.339 e. The van der Waals surface area contributed by atoms with Crippen molar-refractivity contribution in [2.75, 3.05) is 13.1 Å². The van der Waals surface area contributed by atoms with Gasteiger partial charge in [0.1, 0.15) is 5.69 Å². The lowest BCUT2D eigenvalue weighted by Gasteiger charge is -2.35. The lowest BCUT2D eigenvalue weighted by atomic mass is 10.0. The van der Waals surface area contributed by atoms with Gasteiger partial charge in [-0.3, -0.25) is 15.1 Å². The average molecular weight is 387 g/mol. The normalized spacial score (nSPS) is 15.4. The largest absolute Gasteiger partial charge is 0.339 e. The Morgan fingerprint density at radius 1 is 1.19 bits per heavy atom. The average Bonchev–Trinajstić information content (AvgIpc) is 3.10. The van der Waals surface area contributed by atoms with Crippen LogP contribution in [-0.4, -0.2) is 45.9 Å². The fourth-order valence-electron chi connectivity index (χ4n) is 2.70. The number of aromatic nitrogens is 3. The van der Waals surface area contributed by atoms with E-state index < -0.39 is 14.9 Å². The van der Waals surface area contributed by atoms with E-state index in [9.17, 15) is 18.5 Å². The van der Waals surface area contributed by atoms with E-state index in [0.717, 1.165) is 6.07 Å². The predicted octanol–water partition coefficient (Wildman–Crippen LogP) is 1.83. The van der Waals surface area contributed by atoms with Crippen LogP contribution in [0.15, 0.2) is 58.1 Å². The molecule has 0 N–H and O–H groups in total. The second kappa shape index (κ2) is 6.52. The van der Waals surface area contributed by atoms with E-state index in [1.165, 1.54) is 22.5 Å². The highest BCUT2D eigenvalue weighted by atomic mass is 32.2. The fourth-order valence-corrected chi connectivity index (χ4v) is 4.27. The van der Waals surface area contributed by atoms with Crippen LogP contribution in [0.2, 0.25) is 0 Å². The minimum atomic E-state index is -3.82. The lowest BCUT2D eigenvalue weighted by Crippen LogP contribution is -2.48. The fraction of sp³-hybridized carbons (Fsp3) is 0.188. The van der Waals surface area contributed by atoms with E-state index in [0.29, 0.717) is 17.4 Å². The molecule has 0 radical (unpaired) electrons. The van der Waals surface area contributed by atoms with Crippen molar-refractivity contribution < 1.29 is 17.9 Å². The van der Waals surface area contributed by atoms with Crippen LogP contribution in [0.1, 0.15) is 11.8 Å². The van der Waals surface area contributed by atoms with Crippen LogP contribution in [0.3, 0.4) is 0 Å². The van der Waals surface area contributed by atoms with E-state index >= 15 is 0 Å². The molecule has 1 saturated heterocycles. The molecule has 1 aliphatic rings. The third-order valence-electron chi connectivity index (χ3n) is 4.20. The molecule has 3 aromatic rings. The van der Waals surface area contributed by atoms with Crippen LogP contribution in [0.25, 0.3) is 11.5 Å². The summed E-state index contributed by atoms with van der Waals surface area (Å²) < 4.78 is 31.7. The standard InChI is InChI=1S/C16H13N5O5S/c22-21(23)12-4-3-5-13(8-12)27(24,25)20-9-11(10-20)16-18-15(19-26-16)14-6-1-2-7-17-14/h1-8,11H,9-10H2. The Hall–Kier alpha value is -3.18. The van der Waals surface area contributed by atoms with Gasteiger partial charge in [-0.25, -0.2) is 8.42 Å². The van der Waals surface area contributed by atoms with Crippen LogP contribution >= 0.6 is 0 Å². The summed E-state index contributed by atoms with van der Waals surface area (Å²) in [6.07, 6.45) is 1.61. The van der Waals surface area contributed by atoms with Crippen molar-refractivity contribution in [1.29, 1.82) is 0 Å². The maximum absolute atomic E-state index is 12.6. The van der Waals surface area contributed by atoms with Gasteiger partial charge >= 0.3 is 0 Å². The molecular weight excluding hydrogens is 374 g/mol. The number of sulfonamides is 1. The van der Waals surface area contributed by atoms with E-state index in [1.807, 2.05) is 0 Å². The van der Waals surface area contributed by atoms with Crippen LogP contribution in [0.4, 0.5) is 5.69 Å². The number of nitrogens with zero attached hydrogens (tertiary/aromatic N) is 5. The Balaban J connectivity index is 1.48. The molecule has 1 fully saturated rings. The van der Waals surface area contributed by atoms with Gasteiger partial charge in [0.25, 0.3) is 5.69 Å². The number of non-ortho nitro benzene ring substituents is 1. The molecule has 0 spiro atoms. The van der Waals surface area contributed by atoms with E-state index in [4.69, 9.17) is 4.52 Å². The van der Waals surface area contributed by atoms with Crippen molar-refractivity contribution in [2.24, 2.45) is 0 Å². The summed E-state index contributed by atoms with van der Waals surface area (Å²) in [5.74, 6) is 0.440. The molecular formula is C16H13N5O5S. The molecule has 3 heterocycles. The van der Waals surface area contributed by atoms with E-state index in [2.05, 4.69) is 15.1 Å². The molecule has 0 aliphatic carbocycles. The zero-order chi connectivity index (χ0) is 19.0. The Bertz CT molecular complexity index is 1090. The Morgan fingerprint density at radius 3 is 2.70 bits per heavy atom. The van der Waals surface area contributed by atoms with Gasteiger partial charge < -0.3 is 4.52 Å². The van der Waals surface area contributed by atoms with Crippen LogP contribution in [-0.2, 0) is 10.0 Å². The molecule has 11 heteroatoms. The second-order valence-electron chi connectivity index (χ2n) is 5.94. The van der Waals surface area contributed by atoms with Gasteiger partial charge in [-0.2, -0.15) is 9.29 Å². The highest BCUT2D eigenvalue weighted by molar-refractivity contribution is 7.89. The van der Waals surface area contributed by atoms with Gasteiger partial charge in [0.15, 0.2) is 0 Å². The maximum Gasteiger partial charge on any atom is 0.270 e. The summed E-state index contributed by atoms with van der Waals surface area (Å²) >= 11 is 0. The zero-order valence-corrected chi connectivity index (χ0v) is 14.6. The van der Waals surface area contributed by atoms with Crippen molar-refractivity contribution in [3.8, 4) is 11.5 Å². The number of nitro benzene ring substituents is 1. The summed E-state index contributed by atoms with van der Waals surface area (Å²) in [6.45, 7) is 0.323. The van der Waals surface area contributed by atoms with Gasteiger partial charge in [-0.05, 0) is 18.2 Å². The SMILES string of the molecule is O=[N+]([O-])c1cccc(S(=O)(=O)N2CC(c3nc(-c4ccccn4)no3)C2)c1. The lowest BCUT2D eigenvalue weighted by molar-refractivity contribution is -0.385. The quantitative estimate of drug-likeness (QED) is 0.478. The third-order valence-corrected chi connectivity index (χ3v) is 6.03. The molecule has 4 rings (SSSR count). The Labute approximate surface area is 153 Å². The molecule has 10 nitrogen and oxygen atoms in total. The highest BCUT2D eigenvalue weighted by Gasteiger charge is 2.40. The highest BCUT2D eigenvalue weighted by Crippen LogP contribution is 2.32. The van der Waals surface area contributed by atoms with Gasteiger partial charge in [0.2, 0.25) is 21.7 Å². The summed E-state index contributed by atoms with van der Waals surface area (Å²) in [5, 5.41) is 14.7. The number of nitro groups is 1. The molecule has 138 valence electrons. The van der Waals surface area contributed by atoms with Crippen molar-refractivity contribution in [2.45, 2.75) is 10.8 Å². The Kier molecular flexibility index (Phi) is 4.16. The van der Waals surface area contributed by atoms with Crippen LogP contribution in [0.5, 0.6) is 0 Å². The van der Waals surface area contributed by atoms with E-state index in [1.54, 1.807) is 24.4 Å². The minimum absolute atomic E-state index is 0.116. The maximum atomic E-state index is 12.6. The molecule has 0 amide bonds. The predicted molar refractivity (Wildman–Crippen MR) is 92.1 cm³/mol. The Morgan fingerprint density at radius 2 is 2.00 bits per heavy atom. The summed E-state index contributed by atoms with van der Waals surface area (Å²) in [7, 11) is -3.82. The smallest absolute Gasteiger partial charge is 0.270 e. The number of pyridine rings is 1. The first-order chi connectivity index (χ1) is 12.9. The molecule has 1 aliphatic heterocycles. The zero-order valence-electron chi connectivity index (χ0n) is 13.8. The number of benzene rings is 1.